The molecule has 152 valence electrons. The van der Waals surface area contributed by atoms with Crippen LogP contribution in [-0.2, 0) is 13.6 Å². The summed E-state index contributed by atoms with van der Waals surface area (Å²) in [5.74, 6) is -0.624. The maximum Gasteiger partial charge on any atom is 0.413 e. The van der Waals surface area contributed by atoms with Gasteiger partial charge in [0.25, 0.3) is 0 Å². The van der Waals surface area contributed by atoms with Crippen molar-refractivity contribution in [3.63, 3.8) is 0 Å². The second-order valence-corrected chi connectivity index (χ2v) is 8.51. The van der Waals surface area contributed by atoms with Crippen LogP contribution in [-0.4, -0.2) is 12.6 Å². The van der Waals surface area contributed by atoms with E-state index in [0.717, 1.165) is 16.7 Å². The molecule has 4 nitrogen and oxygen atoms in total. The topological polar surface area (TPSA) is 52.6 Å². The Morgan fingerprint density at radius 2 is 1.28 bits per heavy atom. The summed E-state index contributed by atoms with van der Waals surface area (Å²) in [4.78, 5) is 12.6. The molecular weight excluding hydrogens is 383 g/mol. The predicted octanol–water partition coefficient (Wildman–Crippen LogP) is 6.01. The molecule has 0 aromatic heterocycles. The lowest BCUT2D eigenvalue weighted by molar-refractivity contribution is 0.0706. The first-order valence-electron chi connectivity index (χ1n) is 9.49. The van der Waals surface area contributed by atoms with Crippen LogP contribution in [0.3, 0.4) is 0 Å². The van der Waals surface area contributed by atoms with Crippen LogP contribution in [0.5, 0.6) is 0 Å². The van der Waals surface area contributed by atoms with Crippen molar-refractivity contribution in [1.82, 2.24) is 0 Å². The van der Waals surface area contributed by atoms with Crippen LogP contribution in [0.4, 0.5) is 0 Å². The van der Waals surface area contributed by atoms with Gasteiger partial charge in [-0.25, -0.2) is 9.36 Å². The number of aryl methyl sites for hydroxylation is 3. The van der Waals surface area contributed by atoms with Gasteiger partial charge in [0.15, 0.2) is 0 Å². The molecule has 1 unspecified atom stereocenters. The van der Waals surface area contributed by atoms with Crippen molar-refractivity contribution >= 4 is 18.9 Å². The van der Waals surface area contributed by atoms with Gasteiger partial charge >= 0.3 is 13.6 Å². The number of benzene rings is 3. The zero-order valence-electron chi connectivity index (χ0n) is 17.3. The average molecular weight is 410 g/mol. The summed E-state index contributed by atoms with van der Waals surface area (Å²) in [7, 11) is -3.69. The minimum Gasteiger partial charge on any atom is -0.385 e. The summed E-state index contributed by atoms with van der Waals surface area (Å²) >= 11 is 0. The molecule has 0 aliphatic carbocycles. The van der Waals surface area contributed by atoms with E-state index in [1.165, 1.54) is 0 Å². The number of rotatable bonds is 5. The molecule has 1 atom stereocenters. The molecule has 3 rings (SSSR count). The van der Waals surface area contributed by atoms with Gasteiger partial charge in [0.1, 0.15) is 0 Å². The van der Waals surface area contributed by atoms with Crippen molar-refractivity contribution in [2.75, 3.05) is 6.61 Å². The largest absolute Gasteiger partial charge is 0.413 e. The van der Waals surface area contributed by atoms with Crippen molar-refractivity contribution in [2.24, 2.45) is 0 Å². The SMILES string of the molecule is CCOP(=O)(OC(=O)c1c(C)cc(C)cc1C)c1ccccc1.c1ccccc1. The Balaban J connectivity index is 0.000000426. The van der Waals surface area contributed by atoms with E-state index >= 15 is 0 Å². The smallest absolute Gasteiger partial charge is 0.385 e. The van der Waals surface area contributed by atoms with E-state index in [1.54, 1.807) is 37.3 Å². The zero-order valence-corrected chi connectivity index (χ0v) is 18.2. The van der Waals surface area contributed by atoms with Gasteiger partial charge in [-0.05, 0) is 51.0 Å². The summed E-state index contributed by atoms with van der Waals surface area (Å²) in [6.45, 7) is 7.54. The van der Waals surface area contributed by atoms with Crippen LogP contribution in [0.25, 0.3) is 0 Å². The van der Waals surface area contributed by atoms with Gasteiger partial charge in [-0.2, -0.15) is 0 Å². The van der Waals surface area contributed by atoms with Crippen molar-refractivity contribution in [3.8, 4) is 0 Å². The van der Waals surface area contributed by atoms with Crippen LogP contribution in [0.15, 0.2) is 78.9 Å². The monoisotopic (exact) mass is 410 g/mol. The molecule has 0 radical (unpaired) electrons. The van der Waals surface area contributed by atoms with E-state index in [1.807, 2.05) is 69.3 Å². The summed E-state index contributed by atoms with van der Waals surface area (Å²) < 4.78 is 23.7. The van der Waals surface area contributed by atoms with Crippen LogP contribution < -0.4 is 5.30 Å². The first-order valence-corrected chi connectivity index (χ1v) is 11.0. The lowest BCUT2D eigenvalue weighted by Crippen LogP contribution is -2.16. The molecule has 5 heteroatoms. The molecule has 0 saturated carbocycles. The van der Waals surface area contributed by atoms with Gasteiger partial charge in [-0.15, -0.1) is 0 Å². The molecule has 0 aliphatic heterocycles. The quantitative estimate of drug-likeness (QED) is 0.483. The van der Waals surface area contributed by atoms with E-state index in [-0.39, 0.29) is 6.61 Å². The fourth-order valence-corrected chi connectivity index (χ4v) is 4.47. The fraction of sp³-hybridized carbons (Fsp3) is 0.208. The molecule has 0 N–H and O–H groups in total. The normalized spacial score (nSPS) is 12.3. The molecule has 3 aromatic rings. The summed E-state index contributed by atoms with van der Waals surface area (Å²) in [5, 5.41) is 0.373. The Morgan fingerprint density at radius 3 is 1.72 bits per heavy atom. The highest BCUT2D eigenvalue weighted by atomic mass is 31.2. The molecule has 0 saturated heterocycles. The van der Waals surface area contributed by atoms with Crippen LogP contribution in [0, 0.1) is 20.8 Å². The lowest BCUT2D eigenvalue weighted by atomic mass is 10.0. The number of carbonyl (C=O) groups excluding carboxylic acids is 1. The molecule has 3 aromatic carbocycles. The third kappa shape index (κ3) is 6.42. The lowest BCUT2D eigenvalue weighted by Gasteiger charge is -2.19. The maximum absolute atomic E-state index is 13.0. The van der Waals surface area contributed by atoms with E-state index in [0.29, 0.717) is 10.9 Å². The average Bonchev–Trinajstić information content (AvgIpc) is 2.70. The second-order valence-electron chi connectivity index (χ2n) is 6.56. The van der Waals surface area contributed by atoms with Crippen molar-refractivity contribution in [3.05, 3.63) is 101 Å². The minimum absolute atomic E-state index is 0.186. The van der Waals surface area contributed by atoms with Gasteiger partial charge in [0, 0.05) is 0 Å². The van der Waals surface area contributed by atoms with E-state index in [2.05, 4.69) is 0 Å². The van der Waals surface area contributed by atoms with Gasteiger partial charge in [-0.1, -0.05) is 72.3 Å². The Kier molecular flexibility index (Phi) is 8.38. The number of carbonyl (C=O) groups is 1. The Labute approximate surface area is 173 Å². The van der Waals surface area contributed by atoms with Crippen molar-refractivity contribution in [2.45, 2.75) is 27.7 Å². The maximum atomic E-state index is 13.0. The fourth-order valence-electron chi connectivity index (χ4n) is 2.98. The second kappa shape index (κ2) is 10.8. The van der Waals surface area contributed by atoms with Crippen LogP contribution in [0.2, 0.25) is 0 Å². The minimum atomic E-state index is -3.69. The molecule has 0 spiro atoms. The summed E-state index contributed by atoms with van der Waals surface area (Å²) in [6, 6.07) is 24.3. The van der Waals surface area contributed by atoms with Crippen molar-refractivity contribution in [1.29, 1.82) is 0 Å². The van der Waals surface area contributed by atoms with Gasteiger partial charge in [0.05, 0.1) is 17.5 Å². The Bertz CT molecular complexity index is 919. The third-order valence-electron chi connectivity index (χ3n) is 4.12. The number of hydrogen-bond donors (Lipinski definition) is 0. The zero-order chi connectivity index (χ0) is 21.3. The summed E-state index contributed by atoms with van der Waals surface area (Å²) in [6.07, 6.45) is 0. The van der Waals surface area contributed by atoms with Crippen LogP contribution >= 0.6 is 7.60 Å². The molecule has 0 fully saturated rings. The third-order valence-corrected chi connectivity index (χ3v) is 6.06. The van der Waals surface area contributed by atoms with Gasteiger partial charge in [0.2, 0.25) is 0 Å². The molecular formula is C24H27O4P. The standard InChI is InChI=1S/C18H21O4P.C6H6/c1-5-21-23(20,16-9-7-6-8-10-16)22-18(19)17-14(3)11-13(2)12-15(17)4;1-2-4-6-5-3-1/h6-12H,5H2,1-4H3;1-6H. The number of hydrogen-bond acceptors (Lipinski definition) is 4. The van der Waals surface area contributed by atoms with Gasteiger partial charge in [-0.3, -0.25) is 4.52 Å². The molecule has 29 heavy (non-hydrogen) atoms. The molecule has 0 bridgehead atoms. The highest BCUT2D eigenvalue weighted by Gasteiger charge is 2.32. The van der Waals surface area contributed by atoms with E-state index in [9.17, 15) is 9.36 Å². The molecule has 0 heterocycles. The van der Waals surface area contributed by atoms with Crippen molar-refractivity contribution < 1.29 is 18.4 Å². The van der Waals surface area contributed by atoms with Crippen LogP contribution in [0.1, 0.15) is 34.0 Å². The van der Waals surface area contributed by atoms with E-state index in [4.69, 9.17) is 9.05 Å². The van der Waals surface area contributed by atoms with Gasteiger partial charge < -0.3 is 4.52 Å². The highest BCUT2D eigenvalue weighted by Crippen LogP contribution is 2.47. The first kappa shape index (κ1) is 22.6. The summed E-state index contributed by atoms with van der Waals surface area (Å²) in [5.41, 5.74) is 3.09. The highest BCUT2D eigenvalue weighted by molar-refractivity contribution is 7.62. The molecule has 0 amide bonds. The predicted molar refractivity (Wildman–Crippen MR) is 118 cm³/mol. The molecule has 0 aliphatic rings. The Morgan fingerprint density at radius 1 is 0.828 bits per heavy atom. The van der Waals surface area contributed by atoms with E-state index < -0.39 is 13.6 Å². The first-order chi connectivity index (χ1) is 13.9. The Hall–Kier alpha value is -2.68.